The van der Waals surface area contributed by atoms with Crippen LogP contribution >= 0.6 is 0 Å². The molecule has 0 saturated carbocycles. The van der Waals surface area contributed by atoms with Crippen molar-refractivity contribution in [3.63, 3.8) is 0 Å². The van der Waals surface area contributed by atoms with E-state index in [1.807, 2.05) is 18.7 Å². The highest BCUT2D eigenvalue weighted by atomic mass is 16.2. The Morgan fingerprint density at radius 2 is 1.87 bits per heavy atom. The Morgan fingerprint density at radius 3 is 2.33 bits per heavy atom. The van der Waals surface area contributed by atoms with Crippen LogP contribution in [0.15, 0.2) is 11.6 Å². The van der Waals surface area contributed by atoms with Crippen molar-refractivity contribution in [2.24, 2.45) is 5.73 Å². The molecular weight excluding hydrogens is 190 g/mol. The Bertz CT molecular complexity index is 238. The van der Waals surface area contributed by atoms with E-state index < -0.39 is 0 Å². The Morgan fingerprint density at radius 1 is 1.27 bits per heavy atom. The van der Waals surface area contributed by atoms with E-state index in [0.717, 1.165) is 38.3 Å². The van der Waals surface area contributed by atoms with Gasteiger partial charge in [-0.3, -0.25) is 9.69 Å². The molecule has 0 aromatic heterocycles. The average Bonchev–Trinajstić information content (AvgIpc) is 2.18. The van der Waals surface area contributed by atoms with Crippen molar-refractivity contribution >= 4 is 5.91 Å². The average molecular weight is 211 g/mol. The van der Waals surface area contributed by atoms with Gasteiger partial charge in [0.1, 0.15) is 0 Å². The smallest absolute Gasteiger partial charge is 0.246 e. The van der Waals surface area contributed by atoms with Crippen LogP contribution in [0.2, 0.25) is 0 Å². The second-order valence-electron chi connectivity index (χ2n) is 4.18. The third kappa shape index (κ3) is 4.01. The van der Waals surface area contributed by atoms with Gasteiger partial charge in [0.15, 0.2) is 0 Å². The Balaban J connectivity index is 2.37. The van der Waals surface area contributed by atoms with Gasteiger partial charge in [-0.25, -0.2) is 0 Å². The number of piperazine rings is 1. The lowest BCUT2D eigenvalue weighted by atomic mass is 10.2. The molecule has 0 unspecified atom stereocenters. The molecule has 0 spiro atoms. The molecule has 15 heavy (non-hydrogen) atoms. The zero-order valence-corrected chi connectivity index (χ0v) is 9.70. The second kappa shape index (κ2) is 5.88. The van der Waals surface area contributed by atoms with Gasteiger partial charge in [-0.05, 0) is 13.8 Å². The molecule has 4 nitrogen and oxygen atoms in total. The molecule has 1 heterocycles. The molecule has 1 amide bonds. The van der Waals surface area contributed by atoms with Crippen molar-refractivity contribution in [2.75, 3.05) is 39.3 Å². The minimum atomic E-state index is 0.141. The van der Waals surface area contributed by atoms with Gasteiger partial charge in [0.05, 0.1) is 0 Å². The van der Waals surface area contributed by atoms with Crippen LogP contribution in [-0.4, -0.2) is 55.0 Å². The van der Waals surface area contributed by atoms with Crippen LogP contribution in [0.25, 0.3) is 0 Å². The van der Waals surface area contributed by atoms with Crippen LogP contribution in [0.5, 0.6) is 0 Å². The maximum absolute atomic E-state index is 11.7. The molecule has 1 fully saturated rings. The monoisotopic (exact) mass is 211 g/mol. The minimum absolute atomic E-state index is 0.141. The standard InChI is InChI=1S/C11H21N3O/c1-10(2)9-11(15)14-7-5-13(4-3-12)6-8-14/h9H,3-8,12H2,1-2H3. The predicted molar refractivity (Wildman–Crippen MR) is 61.5 cm³/mol. The molecule has 1 saturated heterocycles. The third-order valence-corrected chi connectivity index (χ3v) is 2.54. The van der Waals surface area contributed by atoms with Crippen LogP contribution in [0.3, 0.4) is 0 Å². The molecule has 4 heteroatoms. The number of nitrogens with two attached hydrogens (primary N) is 1. The van der Waals surface area contributed by atoms with Crippen LogP contribution < -0.4 is 5.73 Å². The summed E-state index contributed by atoms with van der Waals surface area (Å²) in [7, 11) is 0. The maximum Gasteiger partial charge on any atom is 0.246 e. The molecule has 0 radical (unpaired) electrons. The van der Waals surface area contributed by atoms with Crippen LogP contribution in [0.4, 0.5) is 0 Å². The lowest BCUT2D eigenvalue weighted by molar-refractivity contribution is -0.127. The highest BCUT2D eigenvalue weighted by Gasteiger charge is 2.18. The van der Waals surface area contributed by atoms with Gasteiger partial charge < -0.3 is 10.6 Å². The van der Waals surface area contributed by atoms with Crippen LogP contribution in [0, 0.1) is 0 Å². The molecule has 1 aliphatic heterocycles. The fraction of sp³-hybridized carbons (Fsp3) is 0.727. The second-order valence-corrected chi connectivity index (χ2v) is 4.18. The molecule has 86 valence electrons. The summed E-state index contributed by atoms with van der Waals surface area (Å²) in [6.07, 6.45) is 1.71. The number of amides is 1. The zero-order valence-electron chi connectivity index (χ0n) is 9.70. The number of carbonyl (C=O) groups excluding carboxylic acids is 1. The van der Waals surface area contributed by atoms with Gasteiger partial charge in [0.25, 0.3) is 0 Å². The SMILES string of the molecule is CC(C)=CC(=O)N1CCN(CCN)CC1. The van der Waals surface area contributed by atoms with Crippen LogP contribution in [0.1, 0.15) is 13.8 Å². The third-order valence-electron chi connectivity index (χ3n) is 2.54. The fourth-order valence-electron chi connectivity index (χ4n) is 1.71. The summed E-state index contributed by atoms with van der Waals surface area (Å²) >= 11 is 0. The lowest BCUT2D eigenvalue weighted by Gasteiger charge is -2.34. The number of nitrogens with zero attached hydrogens (tertiary/aromatic N) is 2. The molecule has 0 atom stereocenters. The molecule has 0 aliphatic carbocycles. The van der Waals surface area contributed by atoms with Crippen molar-refractivity contribution < 1.29 is 4.79 Å². The van der Waals surface area contributed by atoms with Crippen molar-refractivity contribution in [1.29, 1.82) is 0 Å². The molecular formula is C11H21N3O. The summed E-state index contributed by atoms with van der Waals surface area (Å²) in [5.74, 6) is 0.141. The van der Waals surface area contributed by atoms with E-state index in [9.17, 15) is 4.79 Å². The Labute approximate surface area is 91.7 Å². The van der Waals surface area contributed by atoms with Crippen molar-refractivity contribution in [2.45, 2.75) is 13.8 Å². The van der Waals surface area contributed by atoms with Gasteiger partial charge in [-0.1, -0.05) is 5.57 Å². The topological polar surface area (TPSA) is 49.6 Å². The first kappa shape index (κ1) is 12.2. The normalized spacial score (nSPS) is 17.7. The Kier molecular flexibility index (Phi) is 4.78. The van der Waals surface area contributed by atoms with E-state index >= 15 is 0 Å². The summed E-state index contributed by atoms with van der Waals surface area (Å²) in [6.45, 7) is 9.06. The van der Waals surface area contributed by atoms with Gasteiger partial charge in [0, 0.05) is 45.3 Å². The predicted octanol–water partition coefficient (Wildman–Crippen LogP) is 0.0555. The molecule has 0 aromatic rings. The minimum Gasteiger partial charge on any atom is -0.337 e. The summed E-state index contributed by atoms with van der Waals surface area (Å²) in [6, 6.07) is 0. The maximum atomic E-state index is 11.7. The van der Waals surface area contributed by atoms with E-state index in [0.29, 0.717) is 6.54 Å². The summed E-state index contributed by atoms with van der Waals surface area (Å²) in [4.78, 5) is 15.9. The molecule has 2 N–H and O–H groups in total. The molecule has 0 bridgehead atoms. The van der Waals surface area contributed by atoms with E-state index in [1.54, 1.807) is 6.08 Å². The van der Waals surface area contributed by atoms with E-state index in [-0.39, 0.29) is 5.91 Å². The lowest BCUT2D eigenvalue weighted by Crippen LogP contribution is -2.49. The first-order valence-corrected chi connectivity index (χ1v) is 5.49. The van der Waals surface area contributed by atoms with Crippen LogP contribution in [-0.2, 0) is 4.79 Å². The molecule has 1 rings (SSSR count). The van der Waals surface area contributed by atoms with Crippen molar-refractivity contribution in [3.05, 3.63) is 11.6 Å². The number of hydrogen-bond acceptors (Lipinski definition) is 3. The summed E-state index contributed by atoms with van der Waals surface area (Å²) < 4.78 is 0. The summed E-state index contributed by atoms with van der Waals surface area (Å²) in [5, 5.41) is 0. The van der Waals surface area contributed by atoms with Crippen molar-refractivity contribution in [1.82, 2.24) is 9.80 Å². The largest absolute Gasteiger partial charge is 0.337 e. The Hall–Kier alpha value is -0.870. The van der Waals surface area contributed by atoms with Crippen molar-refractivity contribution in [3.8, 4) is 0 Å². The zero-order chi connectivity index (χ0) is 11.3. The molecule has 1 aliphatic rings. The van der Waals surface area contributed by atoms with Gasteiger partial charge in [0.2, 0.25) is 5.91 Å². The number of allylic oxidation sites excluding steroid dienone is 1. The first-order chi connectivity index (χ1) is 7.13. The quantitative estimate of drug-likeness (QED) is 0.671. The van der Waals surface area contributed by atoms with E-state index in [1.165, 1.54) is 0 Å². The fourth-order valence-corrected chi connectivity index (χ4v) is 1.71. The van der Waals surface area contributed by atoms with Gasteiger partial charge in [-0.15, -0.1) is 0 Å². The number of hydrogen-bond donors (Lipinski definition) is 1. The molecule has 0 aromatic carbocycles. The van der Waals surface area contributed by atoms with E-state index in [2.05, 4.69) is 4.90 Å². The first-order valence-electron chi connectivity index (χ1n) is 5.49. The van der Waals surface area contributed by atoms with Gasteiger partial charge >= 0.3 is 0 Å². The summed E-state index contributed by atoms with van der Waals surface area (Å²) in [5.41, 5.74) is 6.55. The highest BCUT2D eigenvalue weighted by Crippen LogP contribution is 2.03. The van der Waals surface area contributed by atoms with Gasteiger partial charge in [-0.2, -0.15) is 0 Å². The number of carbonyl (C=O) groups is 1. The van der Waals surface area contributed by atoms with E-state index in [4.69, 9.17) is 5.73 Å². The number of rotatable bonds is 3. The highest BCUT2D eigenvalue weighted by molar-refractivity contribution is 5.88.